The van der Waals surface area contributed by atoms with Crippen LogP contribution in [0.2, 0.25) is 0 Å². The van der Waals surface area contributed by atoms with Gasteiger partial charge in [0.1, 0.15) is 12.1 Å². The van der Waals surface area contributed by atoms with Gasteiger partial charge in [0.25, 0.3) is 5.69 Å². The lowest BCUT2D eigenvalue weighted by atomic mass is 10.1. The van der Waals surface area contributed by atoms with Crippen molar-refractivity contribution >= 4 is 23.1 Å². The van der Waals surface area contributed by atoms with E-state index in [1.807, 2.05) is 0 Å². The normalized spacial score (nSPS) is 8.74. The van der Waals surface area contributed by atoms with Crippen LogP contribution in [0.25, 0.3) is 0 Å². The zero-order valence-corrected chi connectivity index (χ0v) is 9.19. The predicted octanol–water partition coefficient (Wildman–Crippen LogP) is 1.11. The van der Waals surface area contributed by atoms with Crippen LogP contribution in [-0.4, -0.2) is 21.7 Å². The average molecular weight is 259 g/mol. The molecule has 0 spiro atoms. The van der Waals surface area contributed by atoms with Crippen LogP contribution in [0.1, 0.15) is 10.4 Å². The van der Waals surface area contributed by atoms with E-state index in [4.69, 9.17) is 15.6 Å². The van der Waals surface area contributed by atoms with E-state index in [2.05, 4.69) is 10.5 Å². The molecular weight excluding hydrogens is 254 g/mol. The molecule has 0 aliphatic carbocycles. The van der Waals surface area contributed by atoms with Crippen molar-refractivity contribution in [2.24, 2.45) is 5.10 Å². The van der Waals surface area contributed by atoms with Crippen molar-refractivity contribution in [3.05, 3.63) is 33.9 Å². The lowest BCUT2D eigenvalue weighted by molar-refractivity contribution is -0.384. The Kier molecular flexibility index (Phi) is 4.11. The van der Waals surface area contributed by atoms with Crippen LogP contribution < -0.4 is 5.43 Å². The van der Waals surface area contributed by atoms with Crippen molar-refractivity contribution in [1.82, 2.24) is 0 Å². The van der Waals surface area contributed by atoms with Gasteiger partial charge in [0, 0.05) is 12.1 Å². The molecule has 0 saturated heterocycles. The Morgan fingerprint density at radius 3 is 2.53 bits per heavy atom. The summed E-state index contributed by atoms with van der Waals surface area (Å²) in [4.78, 5) is 20.7. The molecule has 9 heteroatoms. The number of anilines is 1. The summed E-state index contributed by atoms with van der Waals surface area (Å²) in [6.45, 7) is 0. The Morgan fingerprint density at radius 1 is 1.42 bits per heavy atom. The highest BCUT2D eigenvalue weighted by molar-refractivity contribution is 6.10. The molecule has 1 aromatic carbocycles. The zero-order valence-electron chi connectivity index (χ0n) is 9.19. The van der Waals surface area contributed by atoms with Gasteiger partial charge in [-0.2, -0.15) is 15.6 Å². The summed E-state index contributed by atoms with van der Waals surface area (Å²) in [5.74, 6) is -1.41. The minimum atomic E-state index is -1.41. The molecule has 19 heavy (non-hydrogen) atoms. The Balaban J connectivity index is 3.19. The van der Waals surface area contributed by atoms with Gasteiger partial charge in [-0.3, -0.25) is 15.5 Å². The summed E-state index contributed by atoms with van der Waals surface area (Å²) in [5.41, 5.74) is 0.838. The van der Waals surface area contributed by atoms with Crippen molar-refractivity contribution in [2.45, 2.75) is 0 Å². The molecule has 0 unspecified atom stereocenters. The summed E-state index contributed by atoms with van der Waals surface area (Å²) in [6.07, 6.45) is 0. The van der Waals surface area contributed by atoms with E-state index in [1.165, 1.54) is 12.1 Å². The second-order valence-corrected chi connectivity index (χ2v) is 3.09. The van der Waals surface area contributed by atoms with Gasteiger partial charge in [-0.05, 0) is 6.07 Å². The lowest BCUT2D eigenvalue weighted by Crippen LogP contribution is -2.05. The average Bonchev–Trinajstić information content (AvgIpc) is 2.39. The number of nitrogens with zero attached hydrogens (tertiary/aromatic N) is 4. The van der Waals surface area contributed by atoms with Crippen molar-refractivity contribution in [2.75, 3.05) is 5.43 Å². The SMILES string of the molecule is N#CC(C#N)=NNc1ccc([N+](=O)[O-])cc1C(=O)O. The first-order chi connectivity index (χ1) is 8.99. The number of rotatable bonds is 4. The maximum Gasteiger partial charge on any atom is 0.338 e. The van der Waals surface area contributed by atoms with Gasteiger partial charge < -0.3 is 5.11 Å². The molecule has 94 valence electrons. The van der Waals surface area contributed by atoms with E-state index < -0.39 is 27.9 Å². The second kappa shape index (κ2) is 5.75. The fourth-order valence-electron chi connectivity index (χ4n) is 1.11. The molecule has 1 aromatic rings. The molecule has 0 amide bonds. The molecule has 0 aliphatic rings. The molecule has 0 fully saturated rings. The molecule has 1 rings (SSSR count). The van der Waals surface area contributed by atoms with Crippen LogP contribution in [0.4, 0.5) is 11.4 Å². The Morgan fingerprint density at radius 2 is 2.05 bits per heavy atom. The van der Waals surface area contributed by atoms with E-state index in [1.54, 1.807) is 0 Å². The third-order valence-corrected chi connectivity index (χ3v) is 1.94. The number of nitro benzene ring substituents is 1. The third-order valence-electron chi connectivity index (χ3n) is 1.94. The number of hydrogen-bond acceptors (Lipinski definition) is 7. The molecular formula is C10H5N5O4. The van der Waals surface area contributed by atoms with Gasteiger partial charge in [0.15, 0.2) is 0 Å². The molecule has 2 N–H and O–H groups in total. The number of hydrogen-bond donors (Lipinski definition) is 2. The number of nitriles is 2. The molecule has 0 aliphatic heterocycles. The van der Waals surface area contributed by atoms with E-state index >= 15 is 0 Å². The summed E-state index contributed by atoms with van der Waals surface area (Å²) in [5, 5.41) is 39.7. The van der Waals surface area contributed by atoms with E-state index in [-0.39, 0.29) is 5.69 Å². The monoisotopic (exact) mass is 259 g/mol. The number of nitro groups is 1. The van der Waals surface area contributed by atoms with Crippen LogP contribution in [0, 0.1) is 32.8 Å². The van der Waals surface area contributed by atoms with Gasteiger partial charge in [0.2, 0.25) is 5.71 Å². The zero-order chi connectivity index (χ0) is 14.4. The number of hydrazone groups is 1. The minimum absolute atomic E-state index is 0.0684. The highest BCUT2D eigenvalue weighted by Crippen LogP contribution is 2.22. The largest absolute Gasteiger partial charge is 0.478 e. The van der Waals surface area contributed by atoms with Crippen LogP contribution >= 0.6 is 0 Å². The lowest BCUT2D eigenvalue weighted by Gasteiger charge is -2.04. The molecule has 9 nitrogen and oxygen atoms in total. The topological polar surface area (TPSA) is 152 Å². The Hall–Kier alpha value is -3.46. The van der Waals surface area contributed by atoms with Crippen molar-refractivity contribution in [1.29, 1.82) is 10.5 Å². The molecule has 0 radical (unpaired) electrons. The number of nitrogens with one attached hydrogen (secondary N) is 1. The van der Waals surface area contributed by atoms with Crippen LogP contribution in [0.3, 0.4) is 0 Å². The standard InChI is InChI=1S/C10H5N5O4/c11-4-6(5-12)13-14-9-2-1-7(15(18)19)3-8(9)10(16)17/h1-3,14H,(H,16,17). The molecule has 0 aromatic heterocycles. The number of aromatic carboxylic acids is 1. The third kappa shape index (κ3) is 3.25. The van der Waals surface area contributed by atoms with Crippen molar-refractivity contribution < 1.29 is 14.8 Å². The number of non-ortho nitro benzene ring substituents is 1. The first-order valence-corrected chi connectivity index (χ1v) is 4.65. The number of carbonyl (C=O) groups is 1. The first-order valence-electron chi connectivity index (χ1n) is 4.65. The molecule has 0 atom stereocenters. The summed E-state index contributed by atoms with van der Waals surface area (Å²) >= 11 is 0. The second-order valence-electron chi connectivity index (χ2n) is 3.09. The molecule has 0 heterocycles. The van der Waals surface area contributed by atoms with Gasteiger partial charge in [0.05, 0.1) is 16.2 Å². The summed E-state index contributed by atoms with van der Waals surface area (Å²) in [7, 11) is 0. The molecule has 0 saturated carbocycles. The van der Waals surface area contributed by atoms with E-state index in [9.17, 15) is 14.9 Å². The fourth-order valence-corrected chi connectivity index (χ4v) is 1.11. The fraction of sp³-hybridized carbons (Fsp3) is 0. The number of benzene rings is 1. The van der Waals surface area contributed by atoms with Crippen LogP contribution in [0.15, 0.2) is 23.3 Å². The number of carboxylic acids is 1. The molecule has 0 bridgehead atoms. The minimum Gasteiger partial charge on any atom is -0.478 e. The Bertz CT molecular complexity index is 637. The van der Waals surface area contributed by atoms with Gasteiger partial charge in [-0.15, -0.1) is 0 Å². The predicted molar refractivity (Wildman–Crippen MR) is 62.3 cm³/mol. The van der Waals surface area contributed by atoms with E-state index in [0.717, 1.165) is 18.2 Å². The van der Waals surface area contributed by atoms with Crippen molar-refractivity contribution in [3.8, 4) is 12.1 Å². The Labute approximate surface area is 106 Å². The van der Waals surface area contributed by atoms with Gasteiger partial charge >= 0.3 is 5.97 Å². The maximum atomic E-state index is 10.9. The highest BCUT2D eigenvalue weighted by atomic mass is 16.6. The van der Waals surface area contributed by atoms with Crippen LogP contribution in [0.5, 0.6) is 0 Å². The van der Waals surface area contributed by atoms with Gasteiger partial charge in [-0.25, -0.2) is 4.79 Å². The van der Waals surface area contributed by atoms with Crippen LogP contribution in [-0.2, 0) is 0 Å². The van der Waals surface area contributed by atoms with Crippen molar-refractivity contribution in [3.63, 3.8) is 0 Å². The quantitative estimate of drug-likeness (QED) is 0.466. The first kappa shape index (κ1) is 13.6. The summed E-state index contributed by atoms with van der Waals surface area (Å²) < 4.78 is 0. The number of carboxylic acid groups (broad SMARTS) is 1. The van der Waals surface area contributed by atoms with E-state index in [0.29, 0.717) is 0 Å². The smallest absolute Gasteiger partial charge is 0.338 e. The summed E-state index contributed by atoms with van der Waals surface area (Å²) in [6, 6.07) is 5.98. The maximum absolute atomic E-state index is 10.9. The van der Waals surface area contributed by atoms with Gasteiger partial charge in [-0.1, -0.05) is 0 Å². The highest BCUT2D eigenvalue weighted by Gasteiger charge is 2.15.